The first-order valence-corrected chi connectivity index (χ1v) is 7.29. The Labute approximate surface area is 135 Å². The normalized spacial score (nSPS) is 10.1. The van der Waals surface area contributed by atoms with Gasteiger partial charge >= 0.3 is 0 Å². The lowest BCUT2D eigenvalue weighted by molar-refractivity contribution is 1.58. The van der Waals surface area contributed by atoms with Crippen LogP contribution in [0.15, 0.2) is 46.9 Å². The molecule has 0 atom stereocenters. The Balaban J connectivity index is 2.05. The molecular formula is C13H9BrCl2N2S. The molecule has 0 amide bonds. The number of thiocarbonyl (C=S) groups is 1. The molecule has 6 heteroatoms. The Morgan fingerprint density at radius 2 is 1.68 bits per heavy atom. The van der Waals surface area contributed by atoms with Crippen LogP contribution in [0.4, 0.5) is 11.4 Å². The molecule has 19 heavy (non-hydrogen) atoms. The maximum absolute atomic E-state index is 6.07. The van der Waals surface area contributed by atoms with Crippen LogP contribution in [0.1, 0.15) is 0 Å². The zero-order valence-electron chi connectivity index (χ0n) is 9.58. The second-order valence-corrected chi connectivity index (χ2v) is 5.80. The van der Waals surface area contributed by atoms with E-state index in [9.17, 15) is 0 Å². The number of anilines is 2. The van der Waals surface area contributed by atoms with Crippen LogP contribution >= 0.6 is 51.3 Å². The van der Waals surface area contributed by atoms with E-state index in [1.54, 1.807) is 12.1 Å². The molecule has 0 unspecified atom stereocenters. The Morgan fingerprint density at radius 3 is 2.37 bits per heavy atom. The first kappa shape index (κ1) is 14.6. The summed E-state index contributed by atoms with van der Waals surface area (Å²) in [6.07, 6.45) is 0. The molecule has 2 nitrogen and oxygen atoms in total. The van der Waals surface area contributed by atoms with Gasteiger partial charge in [-0.25, -0.2) is 0 Å². The molecule has 0 saturated heterocycles. The Bertz CT molecular complexity index is 602. The van der Waals surface area contributed by atoms with Crippen LogP contribution in [0, 0.1) is 0 Å². The minimum atomic E-state index is 0.448. The zero-order chi connectivity index (χ0) is 13.8. The standard InChI is InChI=1S/C13H9BrCl2N2S/c14-8-4-6-9(7-5-8)17-13(19)18-11-3-1-2-10(15)12(11)16/h1-7H,(H2,17,18,19). The second kappa shape index (κ2) is 6.57. The fourth-order valence-electron chi connectivity index (χ4n) is 1.42. The summed E-state index contributed by atoms with van der Waals surface area (Å²) in [5.74, 6) is 0. The summed E-state index contributed by atoms with van der Waals surface area (Å²) in [5.41, 5.74) is 1.56. The van der Waals surface area contributed by atoms with Gasteiger partial charge in [0.25, 0.3) is 0 Å². The van der Waals surface area contributed by atoms with Crippen LogP contribution in [0.3, 0.4) is 0 Å². The van der Waals surface area contributed by atoms with E-state index in [0.717, 1.165) is 10.2 Å². The third-order valence-corrected chi connectivity index (χ3v) is 3.85. The molecule has 0 fully saturated rings. The maximum atomic E-state index is 6.07. The van der Waals surface area contributed by atoms with Crippen molar-refractivity contribution in [2.45, 2.75) is 0 Å². The molecule has 0 heterocycles. The molecule has 2 N–H and O–H groups in total. The second-order valence-electron chi connectivity index (χ2n) is 3.69. The van der Waals surface area contributed by atoms with Crippen molar-refractivity contribution in [1.29, 1.82) is 0 Å². The third kappa shape index (κ3) is 4.08. The zero-order valence-corrected chi connectivity index (χ0v) is 13.5. The Hall–Kier alpha value is -0.810. The first-order chi connectivity index (χ1) is 9.06. The minimum absolute atomic E-state index is 0.448. The monoisotopic (exact) mass is 374 g/mol. The highest BCUT2D eigenvalue weighted by Crippen LogP contribution is 2.29. The smallest absolute Gasteiger partial charge is 0.175 e. The molecule has 2 aromatic carbocycles. The Morgan fingerprint density at radius 1 is 1.00 bits per heavy atom. The van der Waals surface area contributed by atoms with Crippen molar-refractivity contribution >= 4 is 67.8 Å². The van der Waals surface area contributed by atoms with Crippen LogP contribution in [0.5, 0.6) is 0 Å². The van der Waals surface area contributed by atoms with Crippen molar-refractivity contribution in [3.63, 3.8) is 0 Å². The van der Waals surface area contributed by atoms with Crippen molar-refractivity contribution < 1.29 is 0 Å². The van der Waals surface area contributed by atoms with E-state index >= 15 is 0 Å². The van der Waals surface area contributed by atoms with E-state index in [1.165, 1.54) is 0 Å². The Kier molecular flexibility index (Phi) is 5.05. The summed E-state index contributed by atoms with van der Waals surface area (Å²) in [6.45, 7) is 0. The third-order valence-electron chi connectivity index (χ3n) is 2.30. The van der Waals surface area contributed by atoms with E-state index in [0.29, 0.717) is 20.8 Å². The van der Waals surface area contributed by atoms with Crippen molar-refractivity contribution in [2.75, 3.05) is 10.6 Å². The van der Waals surface area contributed by atoms with Gasteiger partial charge in [-0.1, -0.05) is 45.2 Å². The maximum Gasteiger partial charge on any atom is 0.175 e. The first-order valence-electron chi connectivity index (χ1n) is 5.34. The van der Waals surface area contributed by atoms with Gasteiger partial charge in [0.05, 0.1) is 15.7 Å². The van der Waals surface area contributed by atoms with Gasteiger partial charge in [-0.05, 0) is 48.6 Å². The number of benzene rings is 2. The summed E-state index contributed by atoms with van der Waals surface area (Å²) < 4.78 is 1.01. The minimum Gasteiger partial charge on any atom is -0.332 e. The molecule has 2 aromatic rings. The van der Waals surface area contributed by atoms with Gasteiger partial charge in [-0.3, -0.25) is 0 Å². The average Bonchev–Trinajstić information content (AvgIpc) is 2.38. The molecule has 0 radical (unpaired) electrons. The lowest BCUT2D eigenvalue weighted by Gasteiger charge is -2.12. The van der Waals surface area contributed by atoms with E-state index < -0.39 is 0 Å². The number of halogens is 3. The van der Waals surface area contributed by atoms with Gasteiger partial charge in [-0.15, -0.1) is 0 Å². The van der Waals surface area contributed by atoms with E-state index in [-0.39, 0.29) is 0 Å². The van der Waals surface area contributed by atoms with Gasteiger partial charge in [0.2, 0.25) is 0 Å². The molecule has 0 aromatic heterocycles. The summed E-state index contributed by atoms with van der Waals surface area (Å²) in [6, 6.07) is 13.0. The molecule has 0 spiro atoms. The molecular weight excluding hydrogens is 367 g/mol. The predicted molar refractivity (Wildman–Crippen MR) is 90.4 cm³/mol. The summed E-state index contributed by atoms with van der Waals surface area (Å²) in [7, 11) is 0. The van der Waals surface area contributed by atoms with E-state index in [2.05, 4.69) is 26.6 Å². The molecule has 2 rings (SSSR count). The SMILES string of the molecule is S=C(Nc1ccc(Br)cc1)Nc1cccc(Cl)c1Cl. The summed E-state index contributed by atoms with van der Waals surface area (Å²) in [5, 5.41) is 7.45. The summed E-state index contributed by atoms with van der Waals surface area (Å²) >= 11 is 20.6. The van der Waals surface area contributed by atoms with Crippen LogP contribution < -0.4 is 10.6 Å². The number of hydrogen-bond acceptors (Lipinski definition) is 1. The number of nitrogens with one attached hydrogen (secondary N) is 2. The molecule has 0 saturated carbocycles. The van der Waals surface area contributed by atoms with Gasteiger partial charge in [-0.2, -0.15) is 0 Å². The lowest BCUT2D eigenvalue weighted by Crippen LogP contribution is -2.19. The topological polar surface area (TPSA) is 24.1 Å². The largest absolute Gasteiger partial charge is 0.332 e. The van der Waals surface area contributed by atoms with Crippen LogP contribution in [-0.4, -0.2) is 5.11 Å². The average molecular weight is 376 g/mol. The van der Waals surface area contributed by atoms with Crippen molar-refractivity contribution in [2.24, 2.45) is 0 Å². The van der Waals surface area contributed by atoms with Crippen LogP contribution in [0.2, 0.25) is 10.0 Å². The molecule has 0 aliphatic carbocycles. The molecule has 98 valence electrons. The van der Waals surface area contributed by atoms with E-state index in [4.69, 9.17) is 35.4 Å². The lowest BCUT2D eigenvalue weighted by atomic mass is 10.3. The fraction of sp³-hybridized carbons (Fsp3) is 0. The quantitative estimate of drug-likeness (QED) is 0.671. The van der Waals surface area contributed by atoms with Gasteiger partial charge in [0.1, 0.15) is 0 Å². The highest BCUT2D eigenvalue weighted by molar-refractivity contribution is 9.10. The molecule has 0 aliphatic heterocycles. The van der Waals surface area contributed by atoms with Crippen molar-refractivity contribution in [3.05, 3.63) is 57.0 Å². The summed E-state index contributed by atoms with van der Waals surface area (Å²) in [4.78, 5) is 0. The van der Waals surface area contributed by atoms with E-state index in [1.807, 2.05) is 30.3 Å². The van der Waals surface area contributed by atoms with Crippen molar-refractivity contribution in [3.8, 4) is 0 Å². The van der Waals surface area contributed by atoms with Crippen LogP contribution in [-0.2, 0) is 0 Å². The molecule has 0 aliphatic rings. The predicted octanol–water partition coefficient (Wildman–Crippen LogP) is 5.56. The van der Waals surface area contributed by atoms with Gasteiger partial charge in [0, 0.05) is 10.2 Å². The van der Waals surface area contributed by atoms with Crippen LogP contribution in [0.25, 0.3) is 0 Å². The van der Waals surface area contributed by atoms with Gasteiger partial charge in [0.15, 0.2) is 5.11 Å². The molecule has 0 bridgehead atoms. The highest BCUT2D eigenvalue weighted by atomic mass is 79.9. The fourth-order valence-corrected chi connectivity index (χ4v) is 2.26. The van der Waals surface area contributed by atoms with Crippen molar-refractivity contribution in [1.82, 2.24) is 0 Å². The van der Waals surface area contributed by atoms with Gasteiger partial charge < -0.3 is 10.6 Å². The number of hydrogen-bond donors (Lipinski definition) is 2. The number of rotatable bonds is 2. The highest BCUT2D eigenvalue weighted by Gasteiger charge is 2.05.